The Kier molecular flexibility index (Phi) is 4.14. The molecular formula is C13H21N3O2. The molecule has 2 amide bonds. The van der Waals surface area contributed by atoms with Crippen LogP contribution in [0.3, 0.4) is 0 Å². The zero-order valence-electron chi connectivity index (χ0n) is 11.0. The first-order chi connectivity index (χ1) is 8.67. The van der Waals surface area contributed by atoms with Crippen molar-refractivity contribution in [1.82, 2.24) is 14.7 Å². The Bertz CT molecular complexity index is 348. The van der Waals surface area contributed by atoms with Crippen molar-refractivity contribution in [1.29, 1.82) is 0 Å². The number of imide groups is 1. The number of hydrogen-bond acceptors (Lipinski definition) is 4. The molecular weight excluding hydrogens is 230 g/mol. The predicted octanol–water partition coefficient (Wildman–Crippen LogP) is -0.0626. The third-order valence-corrected chi connectivity index (χ3v) is 3.83. The van der Waals surface area contributed by atoms with Gasteiger partial charge in [-0.3, -0.25) is 19.4 Å². The van der Waals surface area contributed by atoms with Gasteiger partial charge < -0.3 is 4.90 Å². The molecule has 0 N–H and O–H groups in total. The van der Waals surface area contributed by atoms with Crippen molar-refractivity contribution in [3.63, 3.8) is 0 Å². The number of hydrogen-bond donors (Lipinski definition) is 0. The number of carbonyl (C=O) groups excluding carboxylic acids is 2. The molecule has 5 nitrogen and oxygen atoms in total. The van der Waals surface area contributed by atoms with E-state index in [-0.39, 0.29) is 17.9 Å². The summed E-state index contributed by atoms with van der Waals surface area (Å²) in [6, 6.07) is -0.239. The highest BCUT2D eigenvalue weighted by Gasteiger charge is 2.41. The van der Waals surface area contributed by atoms with Crippen molar-refractivity contribution in [3.8, 4) is 0 Å². The van der Waals surface area contributed by atoms with Crippen LogP contribution >= 0.6 is 0 Å². The summed E-state index contributed by atoms with van der Waals surface area (Å²) in [5, 5.41) is 0. The first-order valence-corrected chi connectivity index (χ1v) is 6.59. The van der Waals surface area contributed by atoms with E-state index >= 15 is 0 Å². The molecule has 0 aromatic carbocycles. The molecule has 1 atom stereocenters. The fourth-order valence-corrected chi connectivity index (χ4v) is 2.66. The first kappa shape index (κ1) is 13.2. The second kappa shape index (κ2) is 5.63. The molecule has 0 radical (unpaired) electrons. The summed E-state index contributed by atoms with van der Waals surface area (Å²) >= 11 is 0. The Morgan fingerprint density at radius 1 is 1.28 bits per heavy atom. The quantitative estimate of drug-likeness (QED) is 0.518. The summed E-state index contributed by atoms with van der Waals surface area (Å²) in [4.78, 5) is 29.8. The highest BCUT2D eigenvalue weighted by atomic mass is 16.2. The van der Waals surface area contributed by atoms with E-state index in [4.69, 9.17) is 0 Å². The lowest BCUT2D eigenvalue weighted by atomic mass is 10.2. The second-order valence-electron chi connectivity index (χ2n) is 4.82. The van der Waals surface area contributed by atoms with Crippen LogP contribution in [-0.2, 0) is 9.59 Å². The maximum absolute atomic E-state index is 12.2. The number of rotatable bonds is 4. The van der Waals surface area contributed by atoms with Gasteiger partial charge in [-0.1, -0.05) is 13.0 Å². The summed E-state index contributed by atoms with van der Waals surface area (Å²) in [5.41, 5.74) is 0. The third-order valence-electron chi connectivity index (χ3n) is 3.83. The monoisotopic (exact) mass is 251 g/mol. The maximum atomic E-state index is 12.2. The van der Waals surface area contributed by atoms with Crippen molar-refractivity contribution in [3.05, 3.63) is 12.7 Å². The topological polar surface area (TPSA) is 43.9 Å². The first-order valence-electron chi connectivity index (χ1n) is 6.59. The number of nitrogens with zero attached hydrogens (tertiary/aromatic N) is 3. The van der Waals surface area contributed by atoms with Crippen LogP contribution in [0.2, 0.25) is 0 Å². The summed E-state index contributed by atoms with van der Waals surface area (Å²) in [6.07, 6.45) is 1.94. The van der Waals surface area contributed by atoms with Crippen LogP contribution in [0.25, 0.3) is 0 Å². The highest BCUT2D eigenvalue weighted by Crippen LogP contribution is 2.20. The molecule has 2 rings (SSSR count). The van der Waals surface area contributed by atoms with Crippen LogP contribution in [0.5, 0.6) is 0 Å². The molecule has 0 aromatic rings. The summed E-state index contributed by atoms with van der Waals surface area (Å²) in [7, 11) is 0. The van der Waals surface area contributed by atoms with Gasteiger partial charge in [-0.25, -0.2) is 0 Å². The molecule has 0 unspecified atom stereocenters. The zero-order valence-corrected chi connectivity index (χ0v) is 11.0. The standard InChI is InChI=1S/C13H21N3O2/c1-3-5-16-12(17)10-11(13(16)18)15-8-6-14(4-2)7-9-15/h3,11H,1,4-10H2,2H3/t11-/m0/s1. The van der Waals surface area contributed by atoms with Crippen molar-refractivity contribution >= 4 is 11.8 Å². The Labute approximate surface area is 108 Å². The Hall–Kier alpha value is -1.20. The molecule has 100 valence electrons. The van der Waals surface area contributed by atoms with Crippen LogP contribution < -0.4 is 0 Å². The van der Waals surface area contributed by atoms with Crippen LogP contribution in [0.15, 0.2) is 12.7 Å². The second-order valence-corrected chi connectivity index (χ2v) is 4.82. The molecule has 0 saturated carbocycles. The van der Waals surface area contributed by atoms with E-state index in [2.05, 4.69) is 23.3 Å². The van der Waals surface area contributed by atoms with E-state index in [1.54, 1.807) is 6.08 Å². The average molecular weight is 251 g/mol. The van der Waals surface area contributed by atoms with Gasteiger partial charge in [-0.15, -0.1) is 6.58 Å². The molecule has 5 heteroatoms. The van der Waals surface area contributed by atoms with E-state index in [9.17, 15) is 9.59 Å². The molecule has 2 saturated heterocycles. The van der Waals surface area contributed by atoms with Gasteiger partial charge in [0.05, 0.1) is 12.5 Å². The smallest absolute Gasteiger partial charge is 0.247 e. The van der Waals surface area contributed by atoms with Gasteiger partial charge in [0.15, 0.2) is 0 Å². The number of likely N-dealkylation sites (tertiary alicyclic amines) is 1. The molecule has 2 heterocycles. The lowest BCUT2D eigenvalue weighted by Gasteiger charge is -2.36. The fourth-order valence-electron chi connectivity index (χ4n) is 2.66. The van der Waals surface area contributed by atoms with Gasteiger partial charge in [0.2, 0.25) is 11.8 Å². The molecule has 0 aliphatic carbocycles. The third kappa shape index (κ3) is 2.47. The molecule has 2 aliphatic heterocycles. The van der Waals surface area contributed by atoms with Gasteiger partial charge in [-0.2, -0.15) is 0 Å². The van der Waals surface area contributed by atoms with E-state index in [1.807, 2.05) is 0 Å². The molecule has 18 heavy (non-hydrogen) atoms. The van der Waals surface area contributed by atoms with Gasteiger partial charge in [0, 0.05) is 32.7 Å². The molecule has 0 spiro atoms. The van der Waals surface area contributed by atoms with Crippen molar-refractivity contribution in [2.24, 2.45) is 0 Å². The Morgan fingerprint density at radius 2 is 1.94 bits per heavy atom. The van der Waals surface area contributed by atoms with Gasteiger partial charge in [-0.05, 0) is 6.54 Å². The molecule has 0 aromatic heterocycles. The predicted molar refractivity (Wildman–Crippen MR) is 69.0 cm³/mol. The largest absolute Gasteiger partial charge is 0.301 e. The van der Waals surface area contributed by atoms with E-state index in [1.165, 1.54) is 4.90 Å². The minimum absolute atomic E-state index is 0.0511. The van der Waals surface area contributed by atoms with Crippen LogP contribution in [0, 0.1) is 0 Å². The molecule has 2 fully saturated rings. The summed E-state index contributed by atoms with van der Waals surface area (Å²) in [6.45, 7) is 10.8. The van der Waals surface area contributed by atoms with E-state index in [0.29, 0.717) is 13.0 Å². The Balaban J connectivity index is 1.96. The maximum Gasteiger partial charge on any atom is 0.247 e. The molecule has 2 aliphatic rings. The summed E-state index contributed by atoms with van der Waals surface area (Å²) in [5.74, 6) is -0.118. The van der Waals surface area contributed by atoms with E-state index < -0.39 is 0 Å². The lowest BCUT2D eigenvalue weighted by Crippen LogP contribution is -2.52. The highest BCUT2D eigenvalue weighted by molar-refractivity contribution is 6.05. The minimum atomic E-state index is -0.239. The van der Waals surface area contributed by atoms with Crippen LogP contribution in [0.1, 0.15) is 13.3 Å². The van der Waals surface area contributed by atoms with Crippen LogP contribution in [0.4, 0.5) is 0 Å². The SMILES string of the molecule is C=CCN1C(=O)C[C@H](N2CCN(CC)CC2)C1=O. The number of amides is 2. The fraction of sp³-hybridized carbons (Fsp3) is 0.692. The van der Waals surface area contributed by atoms with Crippen molar-refractivity contribution in [2.75, 3.05) is 39.3 Å². The normalized spacial score (nSPS) is 26.9. The van der Waals surface area contributed by atoms with Crippen molar-refractivity contribution < 1.29 is 9.59 Å². The number of likely N-dealkylation sites (N-methyl/N-ethyl adjacent to an activating group) is 1. The van der Waals surface area contributed by atoms with Gasteiger partial charge >= 0.3 is 0 Å². The van der Waals surface area contributed by atoms with Gasteiger partial charge in [0.1, 0.15) is 0 Å². The zero-order chi connectivity index (χ0) is 13.1. The lowest BCUT2D eigenvalue weighted by molar-refractivity contribution is -0.139. The minimum Gasteiger partial charge on any atom is -0.301 e. The average Bonchev–Trinajstić information content (AvgIpc) is 2.67. The number of piperazine rings is 1. The summed E-state index contributed by atoms with van der Waals surface area (Å²) < 4.78 is 0. The Morgan fingerprint density at radius 3 is 2.50 bits per heavy atom. The van der Waals surface area contributed by atoms with Crippen LogP contribution in [-0.4, -0.2) is 71.8 Å². The van der Waals surface area contributed by atoms with E-state index in [0.717, 1.165) is 32.7 Å². The van der Waals surface area contributed by atoms with Gasteiger partial charge in [0.25, 0.3) is 0 Å². The number of carbonyl (C=O) groups is 2. The molecule has 0 bridgehead atoms. The van der Waals surface area contributed by atoms with Crippen molar-refractivity contribution in [2.45, 2.75) is 19.4 Å².